The molecule has 1 unspecified atom stereocenters. The number of aliphatic carboxylic acids is 1. The van der Waals surface area contributed by atoms with Gasteiger partial charge in [0.2, 0.25) is 0 Å². The van der Waals surface area contributed by atoms with Gasteiger partial charge >= 0.3 is 5.97 Å². The Balaban J connectivity index is 2.89. The van der Waals surface area contributed by atoms with Gasteiger partial charge in [-0.3, -0.25) is 4.79 Å². The van der Waals surface area contributed by atoms with E-state index in [1.807, 2.05) is 13.8 Å². The lowest BCUT2D eigenvalue weighted by Gasteiger charge is -2.45. The number of hydrogen-bond acceptors (Lipinski definition) is 1. The smallest absolute Gasteiger partial charge is 0.309 e. The Morgan fingerprint density at radius 1 is 1.29 bits per heavy atom. The van der Waals surface area contributed by atoms with E-state index in [9.17, 15) is 9.90 Å². The molecule has 0 aromatic rings. The van der Waals surface area contributed by atoms with Crippen molar-refractivity contribution in [2.24, 2.45) is 16.7 Å². The number of carboxylic acids is 1. The molecule has 0 heterocycles. The van der Waals surface area contributed by atoms with Crippen molar-refractivity contribution in [3.63, 3.8) is 0 Å². The minimum Gasteiger partial charge on any atom is -0.481 e. The van der Waals surface area contributed by atoms with Crippen molar-refractivity contribution in [2.75, 3.05) is 0 Å². The quantitative estimate of drug-likeness (QED) is 0.769. The van der Waals surface area contributed by atoms with Crippen molar-refractivity contribution >= 4 is 5.97 Å². The monoisotopic (exact) mass is 240 g/mol. The molecule has 1 N–H and O–H groups in total. The van der Waals surface area contributed by atoms with Gasteiger partial charge in [0, 0.05) is 0 Å². The van der Waals surface area contributed by atoms with Gasteiger partial charge in [0.05, 0.1) is 5.41 Å². The average molecular weight is 240 g/mol. The maximum atomic E-state index is 11.5. The second-order valence-corrected chi connectivity index (χ2v) is 6.47. The third-order valence-electron chi connectivity index (χ3n) is 5.11. The van der Waals surface area contributed by atoms with Gasteiger partial charge in [-0.05, 0) is 43.9 Å². The molecule has 1 aliphatic carbocycles. The molecule has 0 bridgehead atoms. The Bertz CT molecular complexity index is 264. The highest BCUT2D eigenvalue weighted by atomic mass is 16.4. The van der Waals surface area contributed by atoms with E-state index >= 15 is 0 Å². The van der Waals surface area contributed by atoms with Gasteiger partial charge in [-0.25, -0.2) is 0 Å². The summed E-state index contributed by atoms with van der Waals surface area (Å²) in [6.07, 6.45) is 7.89. The summed E-state index contributed by atoms with van der Waals surface area (Å²) in [5, 5.41) is 9.46. The zero-order chi connectivity index (χ0) is 13.1. The first-order chi connectivity index (χ1) is 7.86. The van der Waals surface area contributed by atoms with Gasteiger partial charge in [-0.15, -0.1) is 0 Å². The summed E-state index contributed by atoms with van der Waals surface area (Å²) in [5.74, 6) is -0.0291. The van der Waals surface area contributed by atoms with Crippen molar-refractivity contribution in [3.8, 4) is 0 Å². The van der Waals surface area contributed by atoms with Crippen LogP contribution in [0, 0.1) is 16.7 Å². The van der Waals surface area contributed by atoms with Crippen molar-refractivity contribution in [3.05, 3.63) is 0 Å². The van der Waals surface area contributed by atoms with Crippen LogP contribution < -0.4 is 0 Å². The molecule has 1 fully saturated rings. The third kappa shape index (κ3) is 3.02. The number of rotatable bonds is 5. The van der Waals surface area contributed by atoms with E-state index in [0.29, 0.717) is 5.92 Å². The third-order valence-corrected chi connectivity index (χ3v) is 5.11. The molecule has 1 saturated carbocycles. The van der Waals surface area contributed by atoms with Gasteiger partial charge in [-0.2, -0.15) is 0 Å². The molecular formula is C15H28O2. The van der Waals surface area contributed by atoms with Crippen molar-refractivity contribution in [1.82, 2.24) is 0 Å². The number of carbonyl (C=O) groups is 1. The van der Waals surface area contributed by atoms with Gasteiger partial charge < -0.3 is 5.11 Å². The molecule has 0 aromatic carbocycles. The van der Waals surface area contributed by atoms with E-state index < -0.39 is 11.4 Å². The minimum absolute atomic E-state index is 0.265. The molecule has 0 radical (unpaired) electrons. The SMILES string of the molecule is CCC(C)(CC1(C(C)C)CCCCC1)C(=O)O. The summed E-state index contributed by atoms with van der Waals surface area (Å²) in [7, 11) is 0. The number of hydrogen-bond donors (Lipinski definition) is 1. The molecular weight excluding hydrogens is 212 g/mol. The van der Waals surface area contributed by atoms with Crippen LogP contribution in [-0.4, -0.2) is 11.1 Å². The molecule has 2 nitrogen and oxygen atoms in total. The summed E-state index contributed by atoms with van der Waals surface area (Å²) in [5.41, 5.74) is -0.275. The van der Waals surface area contributed by atoms with Crippen LogP contribution in [0.2, 0.25) is 0 Å². The van der Waals surface area contributed by atoms with Gasteiger partial charge in [0.15, 0.2) is 0 Å². The van der Waals surface area contributed by atoms with E-state index in [4.69, 9.17) is 0 Å². The van der Waals surface area contributed by atoms with Crippen LogP contribution in [0.1, 0.15) is 72.6 Å². The second kappa shape index (κ2) is 5.41. The summed E-state index contributed by atoms with van der Waals surface area (Å²) < 4.78 is 0. The van der Waals surface area contributed by atoms with Crippen LogP contribution in [0.5, 0.6) is 0 Å². The van der Waals surface area contributed by atoms with Crippen LogP contribution in [-0.2, 0) is 4.79 Å². The van der Waals surface area contributed by atoms with Gasteiger partial charge in [0.1, 0.15) is 0 Å². The van der Waals surface area contributed by atoms with E-state index in [2.05, 4.69) is 13.8 Å². The summed E-state index contributed by atoms with van der Waals surface area (Å²) >= 11 is 0. The molecule has 0 spiro atoms. The van der Waals surface area contributed by atoms with Crippen molar-refractivity contribution < 1.29 is 9.90 Å². The highest BCUT2D eigenvalue weighted by Gasteiger charge is 2.44. The van der Waals surface area contributed by atoms with E-state index in [1.54, 1.807) is 0 Å². The maximum Gasteiger partial charge on any atom is 0.309 e. The zero-order valence-electron chi connectivity index (χ0n) is 11.9. The Morgan fingerprint density at radius 2 is 1.82 bits per heavy atom. The molecule has 1 aliphatic rings. The minimum atomic E-state index is -0.620. The lowest BCUT2D eigenvalue weighted by atomic mass is 9.59. The molecule has 1 atom stereocenters. The van der Waals surface area contributed by atoms with Crippen molar-refractivity contribution in [2.45, 2.75) is 72.6 Å². The standard InChI is InChI=1S/C15H28O2/c1-5-14(4,13(16)17)11-15(12(2)3)9-7-6-8-10-15/h12H,5-11H2,1-4H3,(H,16,17). The topological polar surface area (TPSA) is 37.3 Å². The number of carboxylic acid groups (broad SMARTS) is 1. The predicted molar refractivity (Wildman–Crippen MR) is 71.0 cm³/mol. The van der Waals surface area contributed by atoms with E-state index in [0.717, 1.165) is 12.8 Å². The first-order valence-electron chi connectivity index (χ1n) is 7.10. The summed E-state index contributed by atoms with van der Waals surface area (Å²) in [4.78, 5) is 11.5. The molecule has 1 rings (SSSR count). The fourth-order valence-electron chi connectivity index (χ4n) is 3.34. The Kier molecular flexibility index (Phi) is 4.62. The van der Waals surface area contributed by atoms with Crippen LogP contribution >= 0.6 is 0 Å². The largest absolute Gasteiger partial charge is 0.481 e. The molecule has 2 heteroatoms. The predicted octanol–water partition coefficient (Wildman–Crippen LogP) is 4.48. The highest BCUT2D eigenvalue weighted by molar-refractivity contribution is 5.74. The Hall–Kier alpha value is -0.530. The maximum absolute atomic E-state index is 11.5. The lowest BCUT2D eigenvalue weighted by Crippen LogP contribution is -2.39. The van der Waals surface area contributed by atoms with Gasteiger partial charge in [-0.1, -0.05) is 40.0 Å². The molecule has 17 heavy (non-hydrogen) atoms. The Morgan fingerprint density at radius 3 is 2.18 bits per heavy atom. The van der Waals surface area contributed by atoms with Gasteiger partial charge in [0.25, 0.3) is 0 Å². The zero-order valence-corrected chi connectivity index (χ0v) is 11.9. The summed E-state index contributed by atoms with van der Waals surface area (Å²) in [6.45, 7) is 8.46. The molecule has 0 aromatic heterocycles. The Labute approximate surface area is 106 Å². The normalized spacial score (nSPS) is 23.4. The van der Waals surface area contributed by atoms with E-state index in [-0.39, 0.29) is 5.41 Å². The van der Waals surface area contributed by atoms with E-state index in [1.165, 1.54) is 32.1 Å². The van der Waals surface area contributed by atoms with Crippen LogP contribution in [0.3, 0.4) is 0 Å². The van der Waals surface area contributed by atoms with Crippen LogP contribution in [0.15, 0.2) is 0 Å². The first-order valence-corrected chi connectivity index (χ1v) is 7.10. The molecule has 0 aliphatic heterocycles. The highest BCUT2D eigenvalue weighted by Crippen LogP contribution is 2.50. The fourth-order valence-corrected chi connectivity index (χ4v) is 3.34. The molecule has 0 amide bonds. The fraction of sp³-hybridized carbons (Fsp3) is 0.933. The average Bonchev–Trinajstić information content (AvgIpc) is 2.29. The van der Waals surface area contributed by atoms with Crippen LogP contribution in [0.4, 0.5) is 0 Å². The van der Waals surface area contributed by atoms with Crippen LogP contribution in [0.25, 0.3) is 0 Å². The molecule has 0 saturated heterocycles. The second-order valence-electron chi connectivity index (χ2n) is 6.47. The first kappa shape index (κ1) is 14.5. The lowest BCUT2D eigenvalue weighted by molar-refractivity contribution is -0.151. The summed E-state index contributed by atoms with van der Waals surface area (Å²) in [6, 6.07) is 0. The van der Waals surface area contributed by atoms with Crippen molar-refractivity contribution in [1.29, 1.82) is 0 Å². The molecule has 100 valence electrons.